The Bertz CT molecular complexity index is 695. The van der Waals surface area contributed by atoms with Crippen molar-refractivity contribution in [1.29, 1.82) is 0 Å². The number of nitrogens with one attached hydrogen (secondary N) is 2. The van der Waals surface area contributed by atoms with Gasteiger partial charge in [-0.25, -0.2) is 19.2 Å². The van der Waals surface area contributed by atoms with Crippen molar-refractivity contribution >= 4 is 21.5 Å². The lowest BCUT2D eigenvalue weighted by molar-refractivity contribution is 0.601. The number of sulfonamides is 1. The fraction of sp³-hybridized carbons (Fsp3) is 0.214. The van der Waals surface area contributed by atoms with Crippen LogP contribution in [0, 0.1) is 0 Å². The average Bonchev–Trinajstić information content (AvgIpc) is 2.47. The molecule has 0 amide bonds. The highest BCUT2D eigenvalue weighted by molar-refractivity contribution is 7.92. The number of nitrogen functional groups attached to an aromatic ring is 1. The zero-order valence-corrected chi connectivity index (χ0v) is 12.7. The molecular formula is C14H18N4O2S. The van der Waals surface area contributed by atoms with Crippen LogP contribution in [0.2, 0.25) is 0 Å². The van der Waals surface area contributed by atoms with Gasteiger partial charge in [0.05, 0.1) is 0 Å². The van der Waals surface area contributed by atoms with Crippen LogP contribution in [0.1, 0.15) is 25.3 Å². The minimum atomic E-state index is -3.65. The van der Waals surface area contributed by atoms with Gasteiger partial charge in [0.1, 0.15) is 10.7 Å². The molecule has 7 heteroatoms. The Morgan fingerprint density at radius 3 is 2.24 bits per heavy atom. The Hall–Kier alpha value is -2.12. The standard InChI is InChI=1S/C14H18N4O2S/c1-10(2)11-3-5-12(6-4-11)18-21(19,20)13-7-8-14(17-15)16-9-13/h3-10,18H,15H2,1-2H3,(H,16,17). The molecule has 0 aliphatic rings. The van der Waals surface area contributed by atoms with E-state index in [1.54, 1.807) is 12.1 Å². The van der Waals surface area contributed by atoms with E-state index >= 15 is 0 Å². The first-order valence-electron chi connectivity index (χ1n) is 6.48. The highest BCUT2D eigenvalue weighted by atomic mass is 32.2. The minimum absolute atomic E-state index is 0.0782. The molecule has 0 atom stereocenters. The molecule has 0 fully saturated rings. The third-order valence-electron chi connectivity index (χ3n) is 3.02. The van der Waals surface area contributed by atoms with Crippen molar-refractivity contribution in [2.75, 3.05) is 10.1 Å². The Morgan fingerprint density at radius 1 is 1.10 bits per heavy atom. The van der Waals surface area contributed by atoms with Crippen molar-refractivity contribution in [2.24, 2.45) is 5.84 Å². The zero-order valence-electron chi connectivity index (χ0n) is 11.9. The van der Waals surface area contributed by atoms with Crippen LogP contribution in [0.25, 0.3) is 0 Å². The van der Waals surface area contributed by atoms with Crippen LogP contribution in [0.15, 0.2) is 47.5 Å². The number of hydrogen-bond acceptors (Lipinski definition) is 5. The summed E-state index contributed by atoms with van der Waals surface area (Å²) in [6.45, 7) is 4.16. The van der Waals surface area contributed by atoms with Crippen LogP contribution in [0.3, 0.4) is 0 Å². The summed E-state index contributed by atoms with van der Waals surface area (Å²) in [5, 5.41) is 0. The summed E-state index contributed by atoms with van der Waals surface area (Å²) in [5.74, 6) is 5.99. The molecule has 2 rings (SSSR count). The van der Waals surface area contributed by atoms with Crippen molar-refractivity contribution in [3.05, 3.63) is 48.2 Å². The number of benzene rings is 1. The van der Waals surface area contributed by atoms with Gasteiger partial charge in [0.25, 0.3) is 10.0 Å². The first-order valence-corrected chi connectivity index (χ1v) is 7.96. The molecule has 0 spiro atoms. The van der Waals surface area contributed by atoms with E-state index in [2.05, 4.69) is 29.0 Å². The fourth-order valence-electron chi connectivity index (χ4n) is 1.77. The Balaban J connectivity index is 2.19. The highest BCUT2D eigenvalue weighted by Crippen LogP contribution is 2.20. The van der Waals surface area contributed by atoms with Gasteiger partial charge in [-0.2, -0.15) is 0 Å². The predicted molar refractivity (Wildman–Crippen MR) is 83.4 cm³/mol. The molecule has 0 saturated heterocycles. The van der Waals surface area contributed by atoms with Crippen LogP contribution < -0.4 is 16.0 Å². The Labute approximate surface area is 124 Å². The number of pyridine rings is 1. The van der Waals surface area contributed by atoms with Crippen LogP contribution in [-0.2, 0) is 10.0 Å². The number of nitrogens with two attached hydrogens (primary N) is 1. The van der Waals surface area contributed by atoms with Crippen LogP contribution >= 0.6 is 0 Å². The lowest BCUT2D eigenvalue weighted by Gasteiger charge is -2.10. The summed E-state index contributed by atoms with van der Waals surface area (Å²) < 4.78 is 27.0. The SMILES string of the molecule is CC(C)c1ccc(NS(=O)(=O)c2ccc(NN)nc2)cc1. The Morgan fingerprint density at radius 2 is 1.76 bits per heavy atom. The number of hydrazine groups is 1. The second-order valence-corrected chi connectivity index (χ2v) is 6.59. The monoisotopic (exact) mass is 306 g/mol. The maximum Gasteiger partial charge on any atom is 0.263 e. The molecule has 112 valence electrons. The van der Waals surface area contributed by atoms with E-state index in [1.807, 2.05) is 12.1 Å². The second kappa shape index (κ2) is 6.11. The molecule has 0 aliphatic carbocycles. The first kappa shape index (κ1) is 15.3. The molecular weight excluding hydrogens is 288 g/mol. The van der Waals surface area contributed by atoms with Crippen LogP contribution in [-0.4, -0.2) is 13.4 Å². The molecule has 1 heterocycles. The largest absolute Gasteiger partial charge is 0.308 e. The highest BCUT2D eigenvalue weighted by Gasteiger charge is 2.14. The van der Waals surface area contributed by atoms with Gasteiger partial charge in [0, 0.05) is 11.9 Å². The number of nitrogens with zero attached hydrogens (tertiary/aromatic N) is 1. The third-order valence-corrected chi connectivity index (χ3v) is 4.39. The van der Waals surface area contributed by atoms with Gasteiger partial charge < -0.3 is 5.43 Å². The fourth-order valence-corrected chi connectivity index (χ4v) is 2.78. The van der Waals surface area contributed by atoms with Crippen molar-refractivity contribution in [3.63, 3.8) is 0 Å². The van der Waals surface area contributed by atoms with E-state index in [4.69, 9.17) is 5.84 Å². The van der Waals surface area contributed by atoms with Gasteiger partial charge >= 0.3 is 0 Å². The molecule has 0 aliphatic heterocycles. The topological polar surface area (TPSA) is 97.1 Å². The summed E-state index contributed by atoms with van der Waals surface area (Å²) in [6.07, 6.45) is 1.25. The van der Waals surface area contributed by atoms with Crippen molar-refractivity contribution < 1.29 is 8.42 Å². The number of rotatable bonds is 5. The molecule has 0 saturated carbocycles. The summed E-state index contributed by atoms with van der Waals surface area (Å²) in [5.41, 5.74) is 4.01. The molecule has 2 aromatic rings. The van der Waals surface area contributed by atoms with E-state index in [0.29, 0.717) is 17.4 Å². The number of aromatic nitrogens is 1. The van der Waals surface area contributed by atoms with Gasteiger partial charge in [-0.05, 0) is 35.7 Å². The van der Waals surface area contributed by atoms with E-state index in [0.717, 1.165) is 5.56 Å². The Kier molecular flexibility index (Phi) is 4.44. The van der Waals surface area contributed by atoms with Crippen LogP contribution in [0.5, 0.6) is 0 Å². The van der Waals surface area contributed by atoms with Crippen LogP contribution in [0.4, 0.5) is 11.5 Å². The number of anilines is 2. The molecule has 0 bridgehead atoms. The molecule has 21 heavy (non-hydrogen) atoms. The molecule has 0 unspecified atom stereocenters. The first-order chi connectivity index (χ1) is 9.92. The molecule has 6 nitrogen and oxygen atoms in total. The lowest BCUT2D eigenvalue weighted by Crippen LogP contribution is -2.14. The van der Waals surface area contributed by atoms with Crippen molar-refractivity contribution in [2.45, 2.75) is 24.7 Å². The molecule has 1 aromatic carbocycles. The number of hydrogen-bond donors (Lipinski definition) is 3. The van der Waals surface area contributed by atoms with Gasteiger partial charge in [-0.1, -0.05) is 26.0 Å². The maximum atomic E-state index is 12.2. The quantitative estimate of drug-likeness (QED) is 0.581. The summed E-state index contributed by atoms with van der Waals surface area (Å²) in [4.78, 5) is 3.97. The zero-order chi connectivity index (χ0) is 15.5. The summed E-state index contributed by atoms with van der Waals surface area (Å²) >= 11 is 0. The van der Waals surface area contributed by atoms with Crippen molar-refractivity contribution in [3.8, 4) is 0 Å². The van der Waals surface area contributed by atoms with Gasteiger partial charge in [-0.15, -0.1) is 0 Å². The summed E-state index contributed by atoms with van der Waals surface area (Å²) in [6, 6.07) is 10.2. The van der Waals surface area contributed by atoms with Gasteiger partial charge in [-0.3, -0.25) is 4.72 Å². The smallest absolute Gasteiger partial charge is 0.263 e. The van der Waals surface area contributed by atoms with Gasteiger partial charge in [0.15, 0.2) is 0 Å². The third kappa shape index (κ3) is 3.71. The van der Waals surface area contributed by atoms with E-state index in [9.17, 15) is 8.42 Å². The lowest BCUT2D eigenvalue weighted by atomic mass is 10.0. The molecule has 1 aromatic heterocycles. The normalized spacial score (nSPS) is 11.4. The average molecular weight is 306 g/mol. The summed E-state index contributed by atoms with van der Waals surface area (Å²) in [7, 11) is -3.65. The predicted octanol–water partition coefficient (Wildman–Crippen LogP) is 2.29. The second-order valence-electron chi connectivity index (χ2n) is 4.91. The molecule has 0 radical (unpaired) electrons. The molecule has 4 N–H and O–H groups in total. The van der Waals surface area contributed by atoms with Gasteiger partial charge in [0.2, 0.25) is 0 Å². The van der Waals surface area contributed by atoms with E-state index in [1.165, 1.54) is 18.3 Å². The maximum absolute atomic E-state index is 12.2. The van der Waals surface area contributed by atoms with E-state index in [-0.39, 0.29) is 4.90 Å². The van der Waals surface area contributed by atoms with E-state index < -0.39 is 10.0 Å². The van der Waals surface area contributed by atoms with Crippen molar-refractivity contribution in [1.82, 2.24) is 4.98 Å². The minimum Gasteiger partial charge on any atom is -0.308 e.